The number of thioether (sulfide) groups is 1. The molecule has 0 aliphatic rings. The molecule has 2 aromatic carbocycles. The minimum atomic E-state index is -6.32. The van der Waals surface area contributed by atoms with Gasteiger partial charge in [-0.25, -0.2) is 4.39 Å². The fourth-order valence-electron chi connectivity index (χ4n) is 3.47. The molecule has 0 aromatic heterocycles. The van der Waals surface area contributed by atoms with E-state index in [-0.39, 0.29) is 23.4 Å². The predicted octanol–water partition coefficient (Wildman–Crippen LogP) is 5.36. The van der Waals surface area contributed by atoms with E-state index in [9.17, 15) is 48.7 Å². The Balaban J connectivity index is 2.54. The predicted molar refractivity (Wildman–Crippen MR) is 131 cm³/mol. The molecule has 1 unspecified atom stereocenters. The van der Waals surface area contributed by atoms with E-state index in [1.54, 1.807) is 13.2 Å². The molecule has 0 heterocycles. The number of anilines is 1. The van der Waals surface area contributed by atoms with E-state index < -0.39 is 68.4 Å². The van der Waals surface area contributed by atoms with Crippen LogP contribution in [0.5, 0.6) is 5.75 Å². The first-order valence-corrected chi connectivity index (χ1v) is 14.0. The summed E-state index contributed by atoms with van der Waals surface area (Å²) in [5, 5.41) is 4.81. The third-order valence-corrected chi connectivity index (χ3v) is 6.50. The summed E-state index contributed by atoms with van der Waals surface area (Å²) in [7, 11) is -4.16. The number of hydrogen-bond acceptors (Lipinski definition) is 6. The van der Waals surface area contributed by atoms with E-state index in [0.29, 0.717) is 18.1 Å². The maximum atomic E-state index is 14.4. The number of hydrogen-bond donors (Lipinski definition) is 2. The summed E-state index contributed by atoms with van der Waals surface area (Å²) in [5.41, 5.74) is -8.97. The smallest absolute Gasteiger partial charge is 0.382 e. The number of halogens is 7. The Morgan fingerprint density at radius 1 is 1.00 bits per heavy atom. The quantitative estimate of drug-likeness (QED) is 0.296. The molecule has 0 spiro atoms. The van der Waals surface area contributed by atoms with Gasteiger partial charge in [-0.2, -0.15) is 46.5 Å². The minimum absolute atomic E-state index is 0.227. The molecule has 0 aliphatic carbocycles. The minimum Gasteiger partial charge on any atom is -0.382 e. The summed E-state index contributed by atoms with van der Waals surface area (Å²) >= 11 is 1.39. The molecule has 0 radical (unpaired) electrons. The van der Waals surface area contributed by atoms with Crippen molar-refractivity contribution < 1.29 is 52.9 Å². The zero-order valence-corrected chi connectivity index (χ0v) is 22.4. The van der Waals surface area contributed by atoms with Gasteiger partial charge in [0.05, 0.1) is 17.4 Å². The highest BCUT2D eigenvalue weighted by molar-refractivity contribution is 7.98. The molecular formula is C23H23F7N2O5S2. The van der Waals surface area contributed by atoms with E-state index in [2.05, 4.69) is 10.6 Å². The Morgan fingerprint density at radius 3 is 2.08 bits per heavy atom. The Kier molecular flexibility index (Phi) is 9.59. The lowest BCUT2D eigenvalue weighted by Crippen LogP contribution is -2.50. The SMILES string of the molecule is CSCC(C)NC(=O)c1c(OS(C)(=O)=O)cccc1C(=O)Nc1ccc(C(F)(C(F)(F)F)C(F)(F)F)cc1C. The fraction of sp³-hybridized carbons (Fsp3) is 0.391. The van der Waals surface area contributed by atoms with Crippen molar-refractivity contribution >= 4 is 39.4 Å². The van der Waals surface area contributed by atoms with Crippen LogP contribution in [-0.4, -0.2) is 56.9 Å². The van der Waals surface area contributed by atoms with Crippen LogP contribution in [0.3, 0.4) is 0 Å². The third kappa shape index (κ3) is 7.35. The lowest BCUT2D eigenvalue weighted by molar-refractivity contribution is -0.348. The molecular weight excluding hydrogens is 581 g/mol. The van der Waals surface area contributed by atoms with Crippen LogP contribution in [0, 0.1) is 6.92 Å². The standard InChI is InChI=1S/C23H23F7N2O5S2/c1-12-10-14(21(24,22(25,26)27)23(28,29)30)8-9-16(12)32-19(33)15-6-5-7-17(37-39(4,35)36)18(15)20(34)31-13(2)11-38-3/h5-10,13H,11H2,1-4H3,(H,31,34)(H,32,33). The van der Waals surface area contributed by atoms with Crippen molar-refractivity contribution in [2.45, 2.75) is 37.9 Å². The molecule has 0 saturated carbocycles. The Hall–Kier alpha value is -3.01. The molecule has 0 bridgehead atoms. The monoisotopic (exact) mass is 604 g/mol. The molecule has 2 amide bonds. The van der Waals surface area contributed by atoms with Crippen molar-refractivity contribution in [2.75, 3.05) is 23.6 Å². The topological polar surface area (TPSA) is 102 Å². The maximum absolute atomic E-state index is 14.4. The molecule has 39 heavy (non-hydrogen) atoms. The summed E-state index contributed by atoms with van der Waals surface area (Å²) in [6.45, 7) is 2.68. The number of nitrogens with one attached hydrogen (secondary N) is 2. The first-order chi connectivity index (χ1) is 17.7. The van der Waals surface area contributed by atoms with Gasteiger partial charge in [-0.3, -0.25) is 9.59 Å². The van der Waals surface area contributed by atoms with Crippen molar-refractivity contribution in [1.29, 1.82) is 0 Å². The van der Waals surface area contributed by atoms with Gasteiger partial charge in [0, 0.05) is 23.0 Å². The van der Waals surface area contributed by atoms with E-state index >= 15 is 0 Å². The van der Waals surface area contributed by atoms with Gasteiger partial charge in [-0.05, 0) is 43.9 Å². The summed E-state index contributed by atoms with van der Waals surface area (Å²) < 4.78 is 121. The maximum Gasteiger partial charge on any atom is 0.435 e. The van der Waals surface area contributed by atoms with Gasteiger partial charge in [0.1, 0.15) is 0 Å². The number of amides is 2. The van der Waals surface area contributed by atoms with Crippen LogP contribution in [0.4, 0.5) is 36.4 Å². The molecule has 1 atom stereocenters. The van der Waals surface area contributed by atoms with Crippen molar-refractivity contribution in [3.63, 3.8) is 0 Å². The van der Waals surface area contributed by atoms with Gasteiger partial charge in [0.2, 0.25) is 0 Å². The highest BCUT2D eigenvalue weighted by atomic mass is 32.2. The van der Waals surface area contributed by atoms with E-state index in [1.165, 1.54) is 17.8 Å². The molecule has 0 fully saturated rings. The second-order valence-corrected chi connectivity index (χ2v) is 10.9. The van der Waals surface area contributed by atoms with Crippen molar-refractivity contribution in [3.05, 3.63) is 58.7 Å². The number of aryl methyl sites for hydroxylation is 1. The van der Waals surface area contributed by atoms with Crippen LogP contribution in [0.1, 0.15) is 38.8 Å². The van der Waals surface area contributed by atoms with Gasteiger partial charge >= 0.3 is 28.1 Å². The van der Waals surface area contributed by atoms with Crippen LogP contribution in [0.15, 0.2) is 36.4 Å². The first kappa shape index (κ1) is 32.2. The van der Waals surface area contributed by atoms with Crippen molar-refractivity contribution in [3.8, 4) is 5.75 Å². The van der Waals surface area contributed by atoms with Crippen LogP contribution in [0.25, 0.3) is 0 Å². The Labute approximate surface area is 223 Å². The van der Waals surface area contributed by atoms with Gasteiger partial charge in [-0.15, -0.1) is 0 Å². The number of carbonyl (C=O) groups is 2. The molecule has 7 nitrogen and oxygen atoms in total. The average Bonchev–Trinajstić information content (AvgIpc) is 2.77. The van der Waals surface area contributed by atoms with Crippen molar-refractivity contribution in [2.24, 2.45) is 0 Å². The molecule has 0 saturated heterocycles. The molecule has 216 valence electrons. The third-order valence-electron chi connectivity index (χ3n) is 5.19. The lowest BCUT2D eigenvalue weighted by Gasteiger charge is -2.30. The summed E-state index contributed by atoms with van der Waals surface area (Å²) in [4.78, 5) is 26.1. The second-order valence-electron chi connectivity index (χ2n) is 8.43. The molecule has 2 aromatic rings. The number of benzene rings is 2. The second kappa shape index (κ2) is 11.6. The van der Waals surface area contributed by atoms with Crippen molar-refractivity contribution in [1.82, 2.24) is 5.32 Å². The largest absolute Gasteiger partial charge is 0.435 e. The summed E-state index contributed by atoms with van der Waals surface area (Å²) in [6.07, 6.45) is -10.2. The molecule has 2 N–H and O–H groups in total. The molecule has 0 aliphatic heterocycles. The Bertz CT molecular complexity index is 1330. The normalized spacial score (nSPS) is 13.5. The van der Waals surface area contributed by atoms with E-state index in [0.717, 1.165) is 19.1 Å². The highest BCUT2D eigenvalue weighted by Crippen LogP contribution is 2.53. The zero-order chi connectivity index (χ0) is 30.0. The van der Waals surface area contributed by atoms with Gasteiger partial charge in [0.15, 0.2) is 5.75 Å². The number of rotatable bonds is 9. The lowest BCUT2D eigenvalue weighted by atomic mass is 9.92. The van der Waals surface area contributed by atoms with E-state index in [4.69, 9.17) is 4.18 Å². The summed E-state index contributed by atoms with van der Waals surface area (Å²) in [5.74, 6) is -2.00. The highest BCUT2D eigenvalue weighted by Gasteiger charge is 2.73. The average molecular weight is 605 g/mol. The zero-order valence-electron chi connectivity index (χ0n) is 20.8. The van der Waals surface area contributed by atoms with Gasteiger partial charge < -0.3 is 14.8 Å². The van der Waals surface area contributed by atoms with Crippen LogP contribution < -0.4 is 14.8 Å². The molecule has 2 rings (SSSR count). The molecule has 16 heteroatoms. The number of alkyl halides is 7. The fourth-order valence-corrected chi connectivity index (χ4v) is 4.52. The summed E-state index contributed by atoms with van der Waals surface area (Å²) in [6, 6.07) is 4.17. The van der Waals surface area contributed by atoms with E-state index in [1.807, 2.05) is 0 Å². The van der Waals surface area contributed by atoms with Crippen LogP contribution >= 0.6 is 11.8 Å². The van der Waals surface area contributed by atoms with Crippen LogP contribution in [0.2, 0.25) is 0 Å². The van der Waals surface area contributed by atoms with Gasteiger partial charge in [-0.1, -0.05) is 18.2 Å². The first-order valence-electron chi connectivity index (χ1n) is 10.8. The van der Waals surface area contributed by atoms with Crippen LogP contribution in [-0.2, 0) is 15.8 Å². The Morgan fingerprint density at radius 2 is 1.59 bits per heavy atom. The van der Waals surface area contributed by atoms with Gasteiger partial charge in [0.25, 0.3) is 11.8 Å². The number of carbonyl (C=O) groups excluding carboxylic acids is 2.